The number of ether oxygens (including phenoxy) is 1. The second kappa shape index (κ2) is 10.9. The Balaban J connectivity index is 0.000000777. The smallest absolute Gasteiger partial charge is 0.261 e. The zero-order chi connectivity index (χ0) is 30.4. The van der Waals surface area contributed by atoms with Gasteiger partial charge in [0.05, 0.1) is 19.3 Å². The Morgan fingerprint density at radius 3 is 2.12 bits per heavy atom. The first-order valence-electron chi connectivity index (χ1n) is 13.6. The van der Waals surface area contributed by atoms with E-state index in [1.54, 1.807) is 29.4 Å². The van der Waals surface area contributed by atoms with Crippen molar-refractivity contribution in [3.63, 3.8) is 0 Å². The molecule has 2 amide bonds. The molecule has 4 aromatic rings. The minimum Gasteiger partial charge on any atom is -0.497 e. The number of benzene rings is 4. The number of carbonyl (C=O) groups excluding carboxylic acids is 2. The lowest BCUT2D eigenvalue weighted by Gasteiger charge is -2.41. The highest BCUT2D eigenvalue weighted by Crippen LogP contribution is 2.60. The average Bonchev–Trinajstić information content (AvgIpc) is 3.55. The molecule has 218 valence electrons. The van der Waals surface area contributed by atoms with Crippen LogP contribution in [0.1, 0.15) is 16.7 Å². The number of rotatable bonds is 4. The van der Waals surface area contributed by atoms with E-state index in [0.717, 1.165) is 11.3 Å². The van der Waals surface area contributed by atoms with Crippen molar-refractivity contribution >= 4 is 57.0 Å². The molecular weight excluding hydrogens is 581 g/mol. The average molecular weight is 611 g/mol. The number of carbonyl (C=O) groups is 2. The molecule has 43 heavy (non-hydrogen) atoms. The summed E-state index contributed by atoms with van der Waals surface area (Å²) in [5, 5.41) is 6.76. The van der Waals surface area contributed by atoms with Crippen LogP contribution in [0.3, 0.4) is 0 Å². The first kappa shape index (κ1) is 28.6. The Hall–Kier alpha value is -4.54. The van der Waals surface area contributed by atoms with Gasteiger partial charge in [-0.1, -0.05) is 66.7 Å². The van der Waals surface area contributed by atoms with Gasteiger partial charge in [0.1, 0.15) is 5.75 Å². The summed E-state index contributed by atoms with van der Waals surface area (Å²) in [7, 11) is 0.990. The summed E-state index contributed by atoms with van der Waals surface area (Å²) >= 11 is 5.97. The zero-order valence-electron chi connectivity index (χ0n) is 23.9. The molecule has 2 spiro atoms. The van der Waals surface area contributed by atoms with E-state index in [1.807, 2.05) is 103 Å². The predicted molar refractivity (Wildman–Crippen MR) is 174 cm³/mol. The van der Waals surface area contributed by atoms with Crippen molar-refractivity contribution in [1.82, 2.24) is 5.32 Å². The summed E-state index contributed by atoms with van der Waals surface area (Å²) in [6.07, 6.45) is 3.28. The van der Waals surface area contributed by atoms with Crippen LogP contribution in [0.5, 0.6) is 5.75 Å². The number of hydrogen-bond donors (Lipinski definition) is 2. The Bertz CT molecular complexity index is 1760. The third-order valence-electron chi connectivity index (χ3n) is 7.95. The van der Waals surface area contributed by atoms with Crippen LogP contribution in [0.2, 0.25) is 0 Å². The Labute approximate surface area is 258 Å². The Morgan fingerprint density at radius 1 is 0.837 bits per heavy atom. The van der Waals surface area contributed by atoms with Gasteiger partial charge in [-0.25, -0.2) is 0 Å². The van der Waals surface area contributed by atoms with Crippen LogP contribution in [0.15, 0.2) is 103 Å². The summed E-state index contributed by atoms with van der Waals surface area (Å²) < 4.78 is 14.9. The van der Waals surface area contributed by atoms with Gasteiger partial charge in [0.15, 0.2) is 16.2 Å². The van der Waals surface area contributed by atoms with Gasteiger partial charge in [-0.3, -0.25) is 18.7 Å². The monoisotopic (exact) mass is 610 g/mol. The van der Waals surface area contributed by atoms with Gasteiger partial charge >= 0.3 is 0 Å². The molecule has 2 N–H and O–H groups in total. The molecule has 4 aromatic carbocycles. The molecule has 0 aromatic heterocycles. The second-order valence-electron chi connectivity index (χ2n) is 10.6. The van der Waals surface area contributed by atoms with Crippen LogP contribution in [0, 0.1) is 0 Å². The first-order chi connectivity index (χ1) is 20.8. The fourth-order valence-corrected chi connectivity index (χ4v) is 6.75. The van der Waals surface area contributed by atoms with Gasteiger partial charge in [0.25, 0.3) is 11.8 Å². The first-order valence-corrected chi connectivity index (χ1v) is 16.0. The maximum Gasteiger partial charge on any atom is 0.261 e. The topological polar surface area (TPSA) is 91.0 Å². The Morgan fingerprint density at radius 2 is 1.44 bits per heavy atom. The summed E-state index contributed by atoms with van der Waals surface area (Å²) in [4.78, 5) is 32.9. The summed E-state index contributed by atoms with van der Waals surface area (Å²) in [5.41, 5.74) is 1.41. The molecule has 1 saturated heterocycles. The van der Waals surface area contributed by atoms with Crippen LogP contribution in [0.25, 0.3) is 0 Å². The zero-order valence-corrected chi connectivity index (χ0v) is 25.5. The fraction of sp³-hybridized carbons (Fsp3) is 0.182. The minimum absolute atomic E-state index is 0.238. The summed E-state index contributed by atoms with van der Waals surface area (Å²) in [6.45, 7) is 0.356. The molecule has 0 saturated carbocycles. The highest BCUT2D eigenvalue weighted by atomic mass is 32.2. The Kier molecular flexibility index (Phi) is 7.27. The van der Waals surface area contributed by atoms with Gasteiger partial charge in [-0.2, -0.15) is 0 Å². The number of amides is 2. The molecule has 3 heterocycles. The van der Waals surface area contributed by atoms with E-state index < -0.39 is 21.9 Å². The predicted octanol–water partition coefficient (Wildman–Crippen LogP) is 4.67. The van der Waals surface area contributed by atoms with Crippen molar-refractivity contribution in [2.24, 2.45) is 0 Å². The number of hydrogen-bond acceptors (Lipinski definition) is 5. The highest BCUT2D eigenvalue weighted by Gasteiger charge is 2.77. The molecule has 0 aliphatic carbocycles. The van der Waals surface area contributed by atoms with E-state index in [9.17, 15) is 13.8 Å². The molecule has 10 heteroatoms. The van der Waals surface area contributed by atoms with Gasteiger partial charge < -0.3 is 20.3 Å². The minimum atomic E-state index is -1.52. The molecule has 0 radical (unpaired) electrons. The number of fused-ring (bicyclic) bond motifs is 5. The van der Waals surface area contributed by atoms with E-state index in [4.69, 9.17) is 17.0 Å². The lowest BCUT2D eigenvalue weighted by molar-refractivity contribution is -0.133. The van der Waals surface area contributed by atoms with E-state index in [0.29, 0.717) is 34.8 Å². The highest BCUT2D eigenvalue weighted by molar-refractivity contribution is 7.83. The van der Waals surface area contributed by atoms with Crippen LogP contribution in [-0.4, -0.2) is 40.8 Å². The van der Waals surface area contributed by atoms with Gasteiger partial charge in [-0.15, -0.1) is 0 Å². The molecule has 0 unspecified atom stereocenters. The molecular formula is C33H30N4O4S2. The van der Waals surface area contributed by atoms with Crippen molar-refractivity contribution in [1.29, 1.82) is 0 Å². The van der Waals surface area contributed by atoms with E-state index in [-0.39, 0.29) is 16.9 Å². The van der Waals surface area contributed by atoms with Crippen LogP contribution >= 0.6 is 12.2 Å². The molecule has 1 fully saturated rings. The number of nitrogens with one attached hydrogen (secondary N) is 2. The maximum absolute atomic E-state index is 14.9. The lowest BCUT2D eigenvalue weighted by Crippen LogP contribution is -2.64. The third kappa shape index (κ3) is 4.24. The van der Waals surface area contributed by atoms with Gasteiger partial charge in [0, 0.05) is 45.8 Å². The molecule has 3 aliphatic rings. The van der Waals surface area contributed by atoms with E-state index >= 15 is 0 Å². The van der Waals surface area contributed by atoms with Crippen molar-refractivity contribution in [2.75, 3.05) is 34.7 Å². The quantitative estimate of drug-likeness (QED) is 0.325. The van der Waals surface area contributed by atoms with Crippen molar-refractivity contribution in [2.45, 2.75) is 17.6 Å². The number of thiocarbonyl (C=S) groups is 1. The number of methoxy groups -OCH3 is 1. The van der Waals surface area contributed by atoms with Gasteiger partial charge in [0.2, 0.25) is 0 Å². The van der Waals surface area contributed by atoms with Crippen molar-refractivity contribution in [3.05, 3.63) is 120 Å². The summed E-state index contributed by atoms with van der Waals surface area (Å²) in [5.74, 6) is 0.113. The molecule has 2 atom stereocenters. The van der Waals surface area contributed by atoms with Crippen LogP contribution in [0.4, 0.5) is 17.1 Å². The standard InChI is InChI=1S/C31H24N4O3S.C2H6OS/c1-38-22-17-15-21(16-18-22)35-29(39)33-30(31(35)23-11-5-7-13-25(23)32-27(31)36)24-12-6-8-14-26(24)34(28(30)37)19-20-9-3-2-4-10-20;1-4(2)3/h2-18H,19H2,1H3,(H,32,36)(H,33,39);1-2H3/t30-,31-;/m1./s1. The normalized spacial score (nSPS) is 21.4. The third-order valence-corrected chi connectivity index (χ3v) is 8.23. The molecule has 3 aliphatic heterocycles. The lowest BCUT2D eigenvalue weighted by atomic mass is 9.69. The molecule has 0 bridgehead atoms. The van der Waals surface area contributed by atoms with Crippen molar-refractivity contribution in [3.8, 4) is 5.75 Å². The number of nitrogens with zero attached hydrogens (tertiary/aromatic N) is 2. The largest absolute Gasteiger partial charge is 0.497 e. The number of anilines is 3. The fourth-order valence-electron chi connectivity index (χ4n) is 6.35. The summed E-state index contributed by atoms with van der Waals surface area (Å²) in [6, 6.07) is 32.4. The maximum atomic E-state index is 14.9. The molecule has 7 rings (SSSR count). The second-order valence-corrected chi connectivity index (χ2v) is 12.4. The molecule has 8 nitrogen and oxygen atoms in total. The van der Waals surface area contributed by atoms with E-state index in [2.05, 4.69) is 10.6 Å². The van der Waals surface area contributed by atoms with Crippen LogP contribution < -0.4 is 25.2 Å². The van der Waals surface area contributed by atoms with Crippen LogP contribution in [-0.2, 0) is 38.0 Å². The number of para-hydroxylation sites is 2. The van der Waals surface area contributed by atoms with Crippen molar-refractivity contribution < 1.29 is 18.5 Å². The SMILES string of the molecule is COc1ccc(N2C(=S)N[C@]3(C(=O)N(Cc4ccccc4)c4ccccc43)[C@@]23C(=O)Nc2ccccc23)cc1.CS(C)=O. The van der Waals surface area contributed by atoms with E-state index in [1.165, 1.54) is 0 Å². The van der Waals surface area contributed by atoms with Gasteiger partial charge in [-0.05, 0) is 54.2 Å².